The summed E-state index contributed by atoms with van der Waals surface area (Å²) in [7, 11) is 0. The van der Waals surface area contributed by atoms with Crippen molar-refractivity contribution in [3.8, 4) is 35.2 Å². The third kappa shape index (κ3) is 9.88. The first-order valence-corrected chi connectivity index (χ1v) is 22.6. The molecule has 1 atom stereocenters. The number of ether oxygens (including phenoxy) is 2. The van der Waals surface area contributed by atoms with Crippen molar-refractivity contribution in [3.63, 3.8) is 0 Å². The third-order valence-corrected chi connectivity index (χ3v) is 14.1. The van der Waals surface area contributed by atoms with E-state index in [9.17, 15) is 20.1 Å². The van der Waals surface area contributed by atoms with E-state index < -0.39 is 11.2 Å². The van der Waals surface area contributed by atoms with Crippen LogP contribution in [0.5, 0.6) is 11.5 Å². The average Bonchev–Trinajstić information content (AvgIpc) is 3.65. The van der Waals surface area contributed by atoms with Crippen molar-refractivity contribution >= 4 is 5.97 Å². The van der Waals surface area contributed by atoms with Gasteiger partial charge in [0.2, 0.25) is 0 Å². The number of phenols is 1. The molecule has 2 saturated carbocycles. The van der Waals surface area contributed by atoms with Crippen molar-refractivity contribution in [2.45, 2.75) is 161 Å². The van der Waals surface area contributed by atoms with Crippen LogP contribution in [0, 0.1) is 51.4 Å². The van der Waals surface area contributed by atoms with Crippen LogP contribution in [0.3, 0.4) is 0 Å². The number of cyclic esters (lactones) is 1. The zero-order valence-electron chi connectivity index (χ0n) is 37.8. The lowest BCUT2D eigenvalue weighted by Gasteiger charge is -2.34. The van der Waals surface area contributed by atoms with Gasteiger partial charge >= 0.3 is 5.97 Å². The molecule has 322 valence electrons. The SMILES string of the molecule is CCC(CC)(c1ccc(C#CC2(O)CCC2)c(C)c1)c1ccc(OC[C@@H]2CCC(=O)O2)c(C)c1.CCC(CC)(c1ccc(O)c(C)c1)c1ccc(C#CC2(O)CCC2)c(C)c1. The van der Waals surface area contributed by atoms with Gasteiger partial charge < -0.3 is 24.8 Å². The molecule has 61 heavy (non-hydrogen) atoms. The van der Waals surface area contributed by atoms with Gasteiger partial charge in [-0.2, -0.15) is 0 Å². The van der Waals surface area contributed by atoms with E-state index in [2.05, 4.69) is 127 Å². The predicted octanol–water partition coefficient (Wildman–Crippen LogP) is 11.1. The molecule has 1 saturated heterocycles. The number of hydrogen-bond donors (Lipinski definition) is 3. The number of aryl methyl sites for hydroxylation is 4. The van der Waals surface area contributed by atoms with Crippen LogP contribution >= 0.6 is 0 Å². The van der Waals surface area contributed by atoms with Crippen molar-refractivity contribution in [2.24, 2.45) is 0 Å². The van der Waals surface area contributed by atoms with Crippen LogP contribution in [0.4, 0.5) is 0 Å². The highest BCUT2D eigenvalue weighted by atomic mass is 16.6. The number of carbonyl (C=O) groups is 1. The van der Waals surface area contributed by atoms with E-state index in [1.807, 2.05) is 19.1 Å². The molecular formula is C55H66O6. The minimum atomic E-state index is -0.789. The molecule has 0 radical (unpaired) electrons. The van der Waals surface area contributed by atoms with Gasteiger partial charge in [0, 0.05) is 28.4 Å². The smallest absolute Gasteiger partial charge is 0.306 e. The number of benzene rings is 4. The minimum Gasteiger partial charge on any atom is -0.508 e. The number of phenolic OH excluding ortho intramolecular Hbond substituents is 1. The highest BCUT2D eigenvalue weighted by molar-refractivity contribution is 5.71. The van der Waals surface area contributed by atoms with Crippen LogP contribution in [0.15, 0.2) is 72.8 Å². The number of rotatable bonds is 11. The lowest BCUT2D eigenvalue weighted by Crippen LogP contribution is -2.34. The van der Waals surface area contributed by atoms with Gasteiger partial charge in [-0.15, -0.1) is 0 Å². The Hall–Kier alpha value is -5.01. The van der Waals surface area contributed by atoms with Crippen LogP contribution in [0.2, 0.25) is 0 Å². The Morgan fingerprint density at radius 3 is 1.43 bits per heavy atom. The van der Waals surface area contributed by atoms with Gasteiger partial charge in [0.1, 0.15) is 35.4 Å². The monoisotopic (exact) mass is 822 g/mol. The second-order valence-corrected chi connectivity index (χ2v) is 17.9. The predicted molar refractivity (Wildman–Crippen MR) is 245 cm³/mol. The molecule has 3 fully saturated rings. The highest BCUT2D eigenvalue weighted by Crippen LogP contribution is 2.43. The van der Waals surface area contributed by atoms with Crippen LogP contribution in [-0.4, -0.2) is 45.2 Å². The quantitative estimate of drug-likeness (QED) is 0.103. The Bertz CT molecular complexity index is 2330. The van der Waals surface area contributed by atoms with Crippen molar-refractivity contribution in [2.75, 3.05) is 6.61 Å². The molecule has 0 aromatic heterocycles. The average molecular weight is 823 g/mol. The zero-order valence-corrected chi connectivity index (χ0v) is 37.8. The van der Waals surface area contributed by atoms with Gasteiger partial charge in [0.15, 0.2) is 0 Å². The van der Waals surface area contributed by atoms with E-state index in [1.165, 1.54) is 22.3 Å². The van der Waals surface area contributed by atoms with Crippen LogP contribution in [-0.2, 0) is 20.4 Å². The minimum absolute atomic E-state index is 0.0820. The number of esters is 1. The number of carbonyl (C=O) groups excluding carboxylic acids is 1. The third-order valence-electron chi connectivity index (χ3n) is 14.1. The maximum Gasteiger partial charge on any atom is 0.306 e. The Morgan fingerprint density at radius 1 is 0.639 bits per heavy atom. The Balaban J connectivity index is 0.000000210. The fourth-order valence-corrected chi connectivity index (χ4v) is 9.26. The highest BCUT2D eigenvalue weighted by Gasteiger charge is 2.35. The molecule has 6 nitrogen and oxygen atoms in total. The fourth-order valence-electron chi connectivity index (χ4n) is 9.26. The first-order valence-electron chi connectivity index (χ1n) is 22.6. The second kappa shape index (κ2) is 18.9. The summed E-state index contributed by atoms with van der Waals surface area (Å²) in [4.78, 5) is 11.3. The summed E-state index contributed by atoms with van der Waals surface area (Å²) >= 11 is 0. The second-order valence-electron chi connectivity index (χ2n) is 17.9. The molecular weight excluding hydrogens is 757 g/mol. The lowest BCUT2D eigenvalue weighted by atomic mass is 9.70. The largest absolute Gasteiger partial charge is 0.508 e. The normalized spacial score (nSPS) is 17.5. The number of aromatic hydroxyl groups is 1. The molecule has 0 spiro atoms. The lowest BCUT2D eigenvalue weighted by molar-refractivity contribution is -0.142. The van der Waals surface area contributed by atoms with E-state index >= 15 is 0 Å². The van der Waals surface area contributed by atoms with Crippen molar-refractivity contribution in [1.82, 2.24) is 0 Å². The van der Waals surface area contributed by atoms with Gasteiger partial charge in [-0.05, 0) is 167 Å². The molecule has 0 bridgehead atoms. The summed E-state index contributed by atoms with van der Waals surface area (Å²) in [6.07, 6.45) is 10.2. The standard InChI is InChI=1S/C30H36O4.C25H30O2/c1-5-30(6-2,24-9-8-23(21(3)18-24)14-17-29(32)15-7-16-29)25-10-12-27(22(4)19-25)33-20-26-11-13-28(31)34-26;1-5-25(6-2,22-10-11-23(26)19(4)17-22)21-9-8-20(18(3)16-21)12-15-24(27)13-7-14-24/h8-10,12,18-19,26,32H,5-7,11,13,15-16,20H2,1-4H3;8-11,16-17,26-27H,5-7,13-14H2,1-4H3/t26-;/m0./s1. The molecule has 1 heterocycles. The topological polar surface area (TPSA) is 96.2 Å². The van der Waals surface area contributed by atoms with E-state index in [0.29, 0.717) is 18.8 Å². The Labute approximate surface area is 365 Å². The molecule has 4 aromatic carbocycles. The zero-order chi connectivity index (χ0) is 44.0. The molecule has 3 N–H and O–H groups in total. The fraction of sp³-hybridized carbons (Fsp3) is 0.473. The van der Waals surface area contributed by atoms with Gasteiger partial charge in [0.25, 0.3) is 0 Å². The summed E-state index contributed by atoms with van der Waals surface area (Å²) in [5.74, 6) is 13.6. The molecule has 7 rings (SSSR count). The maximum atomic E-state index is 11.3. The van der Waals surface area contributed by atoms with Crippen LogP contribution < -0.4 is 4.74 Å². The van der Waals surface area contributed by atoms with E-state index in [-0.39, 0.29) is 22.9 Å². The first kappa shape index (κ1) is 45.5. The summed E-state index contributed by atoms with van der Waals surface area (Å²) < 4.78 is 11.3. The van der Waals surface area contributed by atoms with E-state index in [1.54, 1.807) is 6.07 Å². The van der Waals surface area contributed by atoms with Gasteiger partial charge in [-0.1, -0.05) is 99.9 Å². The van der Waals surface area contributed by atoms with E-state index in [0.717, 1.165) is 110 Å². The summed E-state index contributed by atoms with van der Waals surface area (Å²) in [5.41, 5.74) is 9.58. The first-order chi connectivity index (χ1) is 29.1. The van der Waals surface area contributed by atoms with Gasteiger partial charge in [-0.25, -0.2) is 0 Å². The van der Waals surface area contributed by atoms with Gasteiger partial charge in [0.05, 0.1) is 0 Å². The van der Waals surface area contributed by atoms with Crippen molar-refractivity contribution in [1.29, 1.82) is 0 Å². The molecule has 4 aromatic rings. The summed E-state index contributed by atoms with van der Waals surface area (Å²) in [6.45, 7) is 17.6. The molecule has 2 aliphatic carbocycles. The Morgan fingerprint density at radius 2 is 1.07 bits per heavy atom. The molecule has 6 heteroatoms. The number of hydrogen-bond acceptors (Lipinski definition) is 6. The summed E-state index contributed by atoms with van der Waals surface area (Å²) in [6, 6.07) is 25.5. The molecule has 0 amide bonds. The molecule has 0 unspecified atom stereocenters. The molecule has 1 aliphatic heterocycles. The van der Waals surface area contributed by atoms with Crippen LogP contribution in [0.25, 0.3) is 0 Å². The Kier molecular flexibility index (Phi) is 14.1. The van der Waals surface area contributed by atoms with Gasteiger partial charge in [-0.3, -0.25) is 4.79 Å². The van der Waals surface area contributed by atoms with Crippen molar-refractivity contribution in [3.05, 3.63) is 128 Å². The maximum absolute atomic E-state index is 11.3. The number of aliphatic hydroxyl groups is 2. The summed E-state index contributed by atoms with van der Waals surface area (Å²) in [5, 5.41) is 30.5. The molecule has 3 aliphatic rings. The van der Waals surface area contributed by atoms with E-state index in [4.69, 9.17) is 9.47 Å². The van der Waals surface area contributed by atoms with Crippen molar-refractivity contribution < 1.29 is 29.6 Å². The van der Waals surface area contributed by atoms with Crippen LogP contribution in [0.1, 0.15) is 160 Å².